The number of methoxy groups -OCH3 is 1. The van der Waals surface area contributed by atoms with E-state index in [0.29, 0.717) is 27.2 Å². The van der Waals surface area contributed by atoms with Crippen LogP contribution in [0.15, 0.2) is 71.1 Å². The van der Waals surface area contributed by atoms with Gasteiger partial charge in [-0.1, -0.05) is 41.4 Å². The van der Waals surface area contributed by atoms with Gasteiger partial charge in [0.15, 0.2) is 0 Å². The largest absolute Gasteiger partial charge is 0.495 e. The van der Waals surface area contributed by atoms with E-state index in [0.717, 1.165) is 11.3 Å². The summed E-state index contributed by atoms with van der Waals surface area (Å²) in [5.74, 6) is 0.713. The minimum atomic E-state index is -0.485. The Balaban J connectivity index is 1.71. The lowest BCUT2D eigenvalue weighted by Crippen LogP contribution is -2.13. The normalized spacial score (nSPS) is 11.9. The molecule has 4 rings (SSSR count). The molecular weight excluding hydrogens is 428 g/mol. The van der Waals surface area contributed by atoms with Gasteiger partial charge in [0.25, 0.3) is 0 Å². The van der Waals surface area contributed by atoms with Gasteiger partial charge >= 0.3 is 0 Å². The average molecular weight is 444 g/mol. The van der Waals surface area contributed by atoms with Crippen molar-refractivity contribution in [3.63, 3.8) is 0 Å². The van der Waals surface area contributed by atoms with Crippen LogP contribution >= 0.6 is 23.2 Å². The Bertz CT molecular complexity index is 1170. The van der Waals surface area contributed by atoms with E-state index in [-0.39, 0.29) is 11.7 Å². The van der Waals surface area contributed by atoms with Gasteiger partial charge in [-0.2, -0.15) is 0 Å². The van der Waals surface area contributed by atoms with E-state index in [4.69, 9.17) is 32.4 Å². The Morgan fingerprint density at radius 2 is 1.80 bits per heavy atom. The van der Waals surface area contributed by atoms with Crippen molar-refractivity contribution in [3.05, 3.63) is 94.0 Å². The minimum Gasteiger partial charge on any atom is -0.495 e. The maximum absolute atomic E-state index is 13.6. The van der Waals surface area contributed by atoms with Crippen LogP contribution in [0.25, 0.3) is 11.5 Å². The number of halogens is 3. The highest BCUT2D eigenvalue weighted by Gasteiger charge is 2.22. The summed E-state index contributed by atoms with van der Waals surface area (Å²) in [7, 11) is 1.55. The summed E-state index contributed by atoms with van der Waals surface area (Å²) in [6.45, 7) is 0. The number of anilines is 1. The van der Waals surface area contributed by atoms with Gasteiger partial charge in [0.1, 0.15) is 17.6 Å². The highest BCUT2D eigenvalue weighted by molar-refractivity contribution is 6.32. The highest BCUT2D eigenvalue weighted by Crippen LogP contribution is 2.32. The third kappa shape index (κ3) is 4.40. The molecule has 8 heteroatoms. The van der Waals surface area contributed by atoms with E-state index >= 15 is 0 Å². The molecule has 3 aromatic carbocycles. The summed E-state index contributed by atoms with van der Waals surface area (Å²) in [5.41, 5.74) is 2.07. The Morgan fingerprint density at radius 3 is 2.50 bits per heavy atom. The fraction of sp³-hybridized carbons (Fsp3) is 0.0909. The van der Waals surface area contributed by atoms with E-state index in [1.54, 1.807) is 43.5 Å². The van der Waals surface area contributed by atoms with Gasteiger partial charge < -0.3 is 14.5 Å². The minimum absolute atomic E-state index is 0.220. The van der Waals surface area contributed by atoms with E-state index in [1.165, 1.54) is 12.1 Å². The zero-order valence-corrected chi connectivity index (χ0v) is 17.3. The van der Waals surface area contributed by atoms with Gasteiger partial charge in [0, 0.05) is 16.3 Å². The molecule has 1 aromatic heterocycles. The van der Waals surface area contributed by atoms with Crippen LogP contribution < -0.4 is 10.1 Å². The average Bonchev–Trinajstić information content (AvgIpc) is 3.23. The summed E-state index contributed by atoms with van der Waals surface area (Å²) >= 11 is 12.3. The van der Waals surface area contributed by atoms with Crippen molar-refractivity contribution in [3.8, 4) is 17.2 Å². The molecule has 4 aromatic rings. The molecule has 0 aliphatic carbocycles. The van der Waals surface area contributed by atoms with E-state index in [9.17, 15) is 4.39 Å². The lowest BCUT2D eigenvalue weighted by molar-refractivity contribution is 0.415. The summed E-state index contributed by atoms with van der Waals surface area (Å²) < 4.78 is 24.7. The van der Waals surface area contributed by atoms with Crippen LogP contribution in [0, 0.1) is 5.82 Å². The van der Waals surface area contributed by atoms with E-state index in [2.05, 4.69) is 15.5 Å². The molecule has 0 aliphatic heterocycles. The Morgan fingerprint density at radius 1 is 1.00 bits per heavy atom. The molecule has 0 saturated heterocycles. The van der Waals surface area contributed by atoms with Crippen molar-refractivity contribution in [2.45, 2.75) is 6.04 Å². The molecular formula is C22H16Cl2FN3O2. The maximum Gasteiger partial charge on any atom is 0.247 e. The summed E-state index contributed by atoms with van der Waals surface area (Å²) in [6.07, 6.45) is 0. The lowest BCUT2D eigenvalue weighted by atomic mass is 10.1. The number of benzene rings is 3. The van der Waals surface area contributed by atoms with Crippen LogP contribution in [0.4, 0.5) is 10.1 Å². The van der Waals surface area contributed by atoms with Gasteiger partial charge in [-0.15, -0.1) is 10.2 Å². The first kappa shape index (κ1) is 20.2. The number of nitrogens with one attached hydrogen (secondary N) is 1. The Hall–Kier alpha value is -3.09. The molecule has 1 heterocycles. The quantitative estimate of drug-likeness (QED) is 0.373. The number of hydrogen-bond acceptors (Lipinski definition) is 5. The molecule has 0 aliphatic rings. The van der Waals surface area contributed by atoms with Crippen molar-refractivity contribution < 1.29 is 13.5 Å². The van der Waals surface area contributed by atoms with Crippen LogP contribution in [-0.2, 0) is 0 Å². The third-order valence-corrected chi connectivity index (χ3v) is 4.97. The van der Waals surface area contributed by atoms with Gasteiger partial charge in [0.2, 0.25) is 11.8 Å². The summed E-state index contributed by atoms with van der Waals surface area (Å²) in [4.78, 5) is 0. The number of hydrogen-bond donors (Lipinski definition) is 1. The van der Waals surface area contributed by atoms with Crippen molar-refractivity contribution in [2.75, 3.05) is 12.4 Å². The van der Waals surface area contributed by atoms with Gasteiger partial charge in [-0.05, 0) is 54.1 Å². The first-order valence-corrected chi connectivity index (χ1v) is 9.74. The molecule has 0 radical (unpaired) electrons. The predicted molar refractivity (Wildman–Crippen MR) is 115 cm³/mol. The zero-order chi connectivity index (χ0) is 21.1. The first-order chi connectivity index (χ1) is 14.5. The molecule has 0 amide bonds. The van der Waals surface area contributed by atoms with E-state index in [1.807, 2.05) is 18.2 Å². The fourth-order valence-electron chi connectivity index (χ4n) is 2.96. The van der Waals surface area contributed by atoms with Crippen molar-refractivity contribution in [1.82, 2.24) is 10.2 Å². The maximum atomic E-state index is 13.6. The number of nitrogens with zero attached hydrogens (tertiary/aromatic N) is 2. The second-order valence-corrected chi connectivity index (χ2v) is 7.28. The van der Waals surface area contributed by atoms with Crippen molar-refractivity contribution in [1.29, 1.82) is 0 Å². The molecule has 0 fully saturated rings. The first-order valence-electron chi connectivity index (χ1n) is 8.98. The molecule has 30 heavy (non-hydrogen) atoms. The fourth-order valence-corrected chi connectivity index (χ4v) is 3.34. The van der Waals surface area contributed by atoms with Crippen molar-refractivity contribution >= 4 is 28.9 Å². The van der Waals surface area contributed by atoms with Crippen molar-refractivity contribution in [2.24, 2.45) is 0 Å². The molecule has 1 atom stereocenters. The molecule has 0 spiro atoms. The molecule has 152 valence electrons. The SMILES string of the molecule is COc1ccc(NC(c2ccc(Cl)cc2)c2nnc(-c3cccc(F)c3)o2)cc1Cl. The molecule has 1 unspecified atom stereocenters. The number of aromatic nitrogens is 2. The Kier molecular flexibility index (Phi) is 5.88. The molecule has 0 bridgehead atoms. The highest BCUT2D eigenvalue weighted by atomic mass is 35.5. The zero-order valence-electron chi connectivity index (χ0n) is 15.8. The molecule has 0 saturated carbocycles. The summed E-state index contributed by atoms with van der Waals surface area (Å²) in [5, 5.41) is 12.7. The van der Waals surface area contributed by atoms with Gasteiger partial charge in [-0.3, -0.25) is 0 Å². The summed E-state index contributed by atoms with van der Waals surface area (Å²) in [6, 6.07) is 18.1. The molecule has 1 N–H and O–H groups in total. The Labute approximate surface area is 182 Å². The third-order valence-electron chi connectivity index (χ3n) is 4.43. The van der Waals surface area contributed by atoms with Gasteiger partial charge in [-0.25, -0.2) is 4.39 Å². The van der Waals surface area contributed by atoms with E-state index < -0.39 is 6.04 Å². The van der Waals surface area contributed by atoms with Crippen LogP contribution in [0.5, 0.6) is 5.75 Å². The van der Waals surface area contributed by atoms with Crippen LogP contribution in [0.3, 0.4) is 0 Å². The smallest absolute Gasteiger partial charge is 0.247 e. The topological polar surface area (TPSA) is 60.2 Å². The van der Waals surface area contributed by atoms with Gasteiger partial charge in [0.05, 0.1) is 12.1 Å². The van der Waals surface area contributed by atoms with Crippen LogP contribution in [0.1, 0.15) is 17.5 Å². The standard InChI is InChI=1S/C22H16Cl2FN3O2/c1-29-19-10-9-17(12-18(19)24)26-20(13-5-7-15(23)8-6-13)22-28-27-21(30-22)14-3-2-4-16(25)11-14/h2-12,20,26H,1H3. The van der Waals surface area contributed by atoms with Crippen LogP contribution in [-0.4, -0.2) is 17.3 Å². The monoisotopic (exact) mass is 443 g/mol. The number of ether oxygens (including phenoxy) is 1. The predicted octanol–water partition coefficient (Wildman–Crippen LogP) is 6.39. The number of rotatable bonds is 6. The second kappa shape index (κ2) is 8.73. The second-order valence-electron chi connectivity index (χ2n) is 6.43. The molecule has 5 nitrogen and oxygen atoms in total. The van der Waals surface area contributed by atoms with Crippen LogP contribution in [0.2, 0.25) is 10.0 Å². The lowest BCUT2D eigenvalue weighted by Gasteiger charge is -2.18.